The van der Waals surface area contributed by atoms with Crippen LogP contribution in [0.5, 0.6) is 0 Å². The smallest absolute Gasteiger partial charge is 0.345 e. The number of carbonyl (C=O) groups is 1. The molecule has 0 aliphatic rings. The van der Waals surface area contributed by atoms with E-state index in [0.717, 1.165) is 38.2 Å². The third-order valence-corrected chi connectivity index (χ3v) is 5.20. The van der Waals surface area contributed by atoms with Gasteiger partial charge in [-0.25, -0.2) is 14.3 Å². The fourth-order valence-electron chi connectivity index (χ4n) is 3.16. The zero-order valence-electron chi connectivity index (χ0n) is 13.5. The van der Waals surface area contributed by atoms with Crippen molar-refractivity contribution in [3.63, 3.8) is 0 Å². The van der Waals surface area contributed by atoms with E-state index >= 15 is 0 Å². The van der Waals surface area contributed by atoms with E-state index < -0.39 is 5.97 Å². The Labute approximate surface area is 141 Å². The van der Waals surface area contributed by atoms with Gasteiger partial charge in [-0.1, -0.05) is 13.8 Å². The third-order valence-electron chi connectivity index (χ3n) is 4.17. The van der Waals surface area contributed by atoms with Crippen LogP contribution < -0.4 is 0 Å². The van der Waals surface area contributed by atoms with Gasteiger partial charge in [0.2, 0.25) is 0 Å². The number of aromatic amines is 1. The van der Waals surface area contributed by atoms with Crippen molar-refractivity contribution in [2.24, 2.45) is 0 Å². The molecule has 0 saturated carbocycles. The molecule has 4 rings (SSSR count). The van der Waals surface area contributed by atoms with Crippen molar-refractivity contribution in [3.05, 3.63) is 40.7 Å². The van der Waals surface area contributed by atoms with Crippen molar-refractivity contribution >= 4 is 33.2 Å². The number of nitrogens with one attached hydrogen (secondary N) is 1. The summed E-state index contributed by atoms with van der Waals surface area (Å²) >= 11 is 1.27. The zero-order chi connectivity index (χ0) is 17.0. The third kappa shape index (κ3) is 2.12. The van der Waals surface area contributed by atoms with Gasteiger partial charge < -0.3 is 10.1 Å². The lowest BCUT2D eigenvalue weighted by molar-refractivity contribution is 0.0702. The average molecular weight is 340 g/mol. The number of nitrogens with zero attached hydrogens (tertiary/aromatic N) is 3. The summed E-state index contributed by atoms with van der Waals surface area (Å²) in [5.41, 5.74) is 5.06. The first-order valence-electron chi connectivity index (χ1n) is 7.64. The predicted octanol–water partition coefficient (Wildman–Crippen LogP) is 4.07. The van der Waals surface area contributed by atoms with Crippen LogP contribution in [0.3, 0.4) is 0 Å². The fourth-order valence-corrected chi connectivity index (χ4v) is 4.08. The predicted molar refractivity (Wildman–Crippen MR) is 93.9 cm³/mol. The first-order valence-corrected chi connectivity index (χ1v) is 8.46. The molecule has 24 heavy (non-hydrogen) atoms. The monoisotopic (exact) mass is 340 g/mol. The van der Waals surface area contributed by atoms with Gasteiger partial charge in [0.05, 0.1) is 5.69 Å². The molecule has 0 bridgehead atoms. The largest absolute Gasteiger partial charge is 0.477 e. The lowest BCUT2D eigenvalue weighted by Gasteiger charge is -2.09. The van der Waals surface area contributed by atoms with Gasteiger partial charge in [0.25, 0.3) is 0 Å². The van der Waals surface area contributed by atoms with Crippen LogP contribution in [0.4, 0.5) is 0 Å². The van der Waals surface area contributed by atoms with Gasteiger partial charge in [0, 0.05) is 17.1 Å². The van der Waals surface area contributed by atoms with Gasteiger partial charge in [0.15, 0.2) is 5.65 Å². The number of fused-ring (bicyclic) bond motifs is 2. The summed E-state index contributed by atoms with van der Waals surface area (Å²) in [6.45, 7) is 6.24. The average Bonchev–Trinajstić information content (AvgIpc) is 3.19. The second-order valence-electron chi connectivity index (χ2n) is 6.17. The maximum atomic E-state index is 11.2. The SMILES string of the molecule is Cc1cc(-c2[nH]c3sc(C(=O)O)cc3c2C(C)C)cn2ncnc12. The van der Waals surface area contributed by atoms with Crippen molar-refractivity contribution in [3.8, 4) is 11.3 Å². The normalized spacial score (nSPS) is 11.8. The Kier molecular flexibility index (Phi) is 3.21. The van der Waals surface area contributed by atoms with Gasteiger partial charge in [-0.15, -0.1) is 11.3 Å². The highest BCUT2D eigenvalue weighted by Gasteiger charge is 2.21. The lowest BCUT2D eigenvalue weighted by Crippen LogP contribution is -1.96. The van der Waals surface area contributed by atoms with Crippen molar-refractivity contribution in [1.82, 2.24) is 19.6 Å². The zero-order valence-corrected chi connectivity index (χ0v) is 14.3. The molecule has 4 heterocycles. The van der Waals surface area contributed by atoms with Gasteiger partial charge in [0.1, 0.15) is 16.0 Å². The summed E-state index contributed by atoms with van der Waals surface area (Å²) in [6.07, 6.45) is 3.50. The number of carboxylic acid groups (broad SMARTS) is 1. The summed E-state index contributed by atoms with van der Waals surface area (Å²) in [5, 5.41) is 14.4. The molecule has 122 valence electrons. The quantitative estimate of drug-likeness (QED) is 0.589. The van der Waals surface area contributed by atoms with Crippen LogP contribution in [0.2, 0.25) is 0 Å². The van der Waals surface area contributed by atoms with Crippen LogP contribution in [-0.4, -0.2) is 30.7 Å². The molecule has 0 fully saturated rings. The molecule has 0 atom stereocenters. The number of hydrogen-bond donors (Lipinski definition) is 2. The molecule has 0 amide bonds. The molecule has 0 saturated heterocycles. The van der Waals surface area contributed by atoms with E-state index in [9.17, 15) is 9.90 Å². The molecular formula is C17H16N4O2S. The van der Waals surface area contributed by atoms with Crippen LogP contribution in [0, 0.1) is 6.92 Å². The summed E-state index contributed by atoms with van der Waals surface area (Å²) in [4.78, 5) is 20.2. The van der Waals surface area contributed by atoms with E-state index in [1.54, 1.807) is 16.9 Å². The summed E-state index contributed by atoms with van der Waals surface area (Å²) in [6, 6.07) is 3.85. The number of thiophene rings is 1. The molecule has 0 aliphatic carbocycles. The second-order valence-corrected chi connectivity index (χ2v) is 7.22. The molecular weight excluding hydrogens is 324 g/mol. The second kappa shape index (κ2) is 5.17. The molecule has 0 unspecified atom stereocenters. The Hall–Kier alpha value is -2.67. The first kappa shape index (κ1) is 14.9. The van der Waals surface area contributed by atoms with Crippen LogP contribution in [0.25, 0.3) is 27.1 Å². The minimum absolute atomic E-state index is 0.261. The highest BCUT2D eigenvalue weighted by Crippen LogP contribution is 2.39. The molecule has 4 aromatic rings. The summed E-state index contributed by atoms with van der Waals surface area (Å²) in [5.74, 6) is -0.627. The van der Waals surface area contributed by atoms with Crippen molar-refractivity contribution in [2.75, 3.05) is 0 Å². The number of hydrogen-bond acceptors (Lipinski definition) is 4. The lowest BCUT2D eigenvalue weighted by atomic mass is 9.97. The molecule has 4 aromatic heterocycles. The van der Waals surface area contributed by atoms with E-state index in [1.807, 2.05) is 13.1 Å². The summed E-state index contributed by atoms with van der Waals surface area (Å²) < 4.78 is 1.77. The van der Waals surface area contributed by atoms with Crippen molar-refractivity contribution in [2.45, 2.75) is 26.7 Å². The van der Waals surface area contributed by atoms with Gasteiger partial charge in [-0.2, -0.15) is 5.10 Å². The minimum Gasteiger partial charge on any atom is -0.477 e. The molecule has 0 radical (unpaired) electrons. The highest BCUT2D eigenvalue weighted by atomic mass is 32.1. The van der Waals surface area contributed by atoms with E-state index in [0.29, 0.717) is 4.88 Å². The number of rotatable bonds is 3. The van der Waals surface area contributed by atoms with Gasteiger partial charge >= 0.3 is 5.97 Å². The van der Waals surface area contributed by atoms with E-state index in [4.69, 9.17) is 0 Å². The topological polar surface area (TPSA) is 83.3 Å². The highest BCUT2D eigenvalue weighted by molar-refractivity contribution is 7.20. The number of aromatic nitrogens is 4. The standard InChI is InChI=1S/C17H16N4O2S/c1-8(2)13-11-5-12(17(22)23)24-16(11)20-14(13)10-4-9(3)15-18-7-19-21(15)6-10/h4-8,20H,1-3H3,(H,22,23). The molecule has 7 heteroatoms. The molecule has 0 spiro atoms. The number of H-pyrrole nitrogens is 1. The van der Waals surface area contributed by atoms with E-state index in [1.165, 1.54) is 11.3 Å². The Balaban J connectivity index is 1.99. The Morgan fingerprint density at radius 1 is 1.38 bits per heavy atom. The van der Waals surface area contributed by atoms with Gasteiger partial charge in [-0.05, 0) is 36.1 Å². The molecule has 0 aliphatic heterocycles. The minimum atomic E-state index is -0.888. The maximum Gasteiger partial charge on any atom is 0.345 e. The Morgan fingerprint density at radius 3 is 2.88 bits per heavy atom. The van der Waals surface area contributed by atoms with Crippen molar-refractivity contribution in [1.29, 1.82) is 0 Å². The molecule has 0 aromatic carbocycles. The van der Waals surface area contributed by atoms with Crippen LogP contribution in [-0.2, 0) is 0 Å². The molecule has 2 N–H and O–H groups in total. The van der Waals surface area contributed by atoms with Crippen molar-refractivity contribution < 1.29 is 9.90 Å². The summed E-state index contributed by atoms with van der Waals surface area (Å²) in [7, 11) is 0. The number of aryl methyl sites for hydroxylation is 1. The van der Waals surface area contributed by atoms with Crippen LogP contribution >= 0.6 is 11.3 Å². The number of aromatic carboxylic acids is 1. The Bertz CT molecular complexity index is 1090. The van der Waals surface area contributed by atoms with E-state index in [2.05, 4.69) is 35.0 Å². The Morgan fingerprint density at radius 2 is 2.17 bits per heavy atom. The van der Waals surface area contributed by atoms with Gasteiger partial charge in [-0.3, -0.25) is 0 Å². The maximum absolute atomic E-state index is 11.2. The first-order chi connectivity index (χ1) is 11.5. The van der Waals surface area contributed by atoms with Crippen LogP contribution in [0.1, 0.15) is 40.6 Å². The van der Waals surface area contributed by atoms with Crippen LogP contribution in [0.15, 0.2) is 24.7 Å². The fraction of sp³-hybridized carbons (Fsp3) is 0.235. The number of pyridine rings is 1. The molecule has 6 nitrogen and oxygen atoms in total. The number of carboxylic acids is 1. The van der Waals surface area contributed by atoms with E-state index in [-0.39, 0.29) is 5.92 Å².